The van der Waals surface area contributed by atoms with Crippen molar-refractivity contribution in [1.82, 2.24) is 4.98 Å². The van der Waals surface area contributed by atoms with Crippen molar-refractivity contribution < 1.29 is 22.9 Å². The molecule has 7 nitrogen and oxygen atoms in total. The van der Waals surface area contributed by atoms with Gasteiger partial charge in [0.1, 0.15) is 5.00 Å². The summed E-state index contributed by atoms with van der Waals surface area (Å²) in [6.45, 7) is -0.220. The summed E-state index contributed by atoms with van der Waals surface area (Å²) in [5.41, 5.74) is 1.35. The summed E-state index contributed by atoms with van der Waals surface area (Å²) in [6.07, 6.45) is 0. The van der Waals surface area contributed by atoms with Crippen LogP contribution in [0.15, 0.2) is 34.2 Å². The minimum absolute atomic E-state index is 0.152. The number of carboxylic acids is 1. The van der Waals surface area contributed by atoms with Crippen LogP contribution in [0.2, 0.25) is 0 Å². The number of benzene rings is 1. The maximum Gasteiger partial charge on any atom is 0.360 e. The lowest BCUT2D eigenvalue weighted by Gasteiger charge is -2.20. The number of anilines is 1. The largest absolute Gasteiger partial charge is 0.476 e. The zero-order valence-electron chi connectivity index (χ0n) is 10.3. The fourth-order valence-corrected chi connectivity index (χ4v) is 3.71. The van der Waals surface area contributed by atoms with Crippen LogP contribution >= 0.6 is 27.3 Å². The second kappa shape index (κ2) is 6.10. The Labute approximate surface area is 132 Å². The summed E-state index contributed by atoms with van der Waals surface area (Å²) < 4.78 is 33.8. The van der Waals surface area contributed by atoms with E-state index in [1.54, 1.807) is 24.3 Å². The molecule has 0 fully saturated rings. The zero-order chi connectivity index (χ0) is 15.6. The Hall–Kier alpha value is -1.49. The fourth-order valence-electron chi connectivity index (χ4n) is 1.60. The van der Waals surface area contributed by atoms with Crippen LogP contribution in [0.3, 0.4) is 0 Å². The molecule has 1 heterocycles. The summed E-state index contributed by atoms with van der Waals surface area (Å²) in [5, 5.41) is 8.87. The molecule has 0 amide bonds. The van der Waals surface area contributed by atoms with E-state index in [0.29, 0.717) is 14.3 Å². The molecule has 0 aliphatic rings. The van der Waals surface area contributed by atoms with Crippen LogP contribution in [0, 0.1) is 0 Å². The van der Waals surface area contributed by atoms with Gasteiger partial charge in [-0.3, -0.25) is 4.55 Å². The quantitative estimate of drug-likeness (QED) is 0.756. The Kier molecular flexibility index (Phi) is 4.61. The second-order valence-electron chi connectivity index (χ2n) is 3.89. The van der Waals surface area contributed by atoms with E-state index in [2.05, 4.69) is 20.9 Å². The average molecular weight is 393 g/mol. The first-order valence-electron chi connectivity index (χ1n) is 5.46. The van der Waals surface area contributed by atoms with E-state index in [4.69, 9.17) is 5.11 Å². The number of nitrogens with zero attached hydrogens (tertiary/aromatic N) is 2. The summed E-state index contributed by atoms with van der Waals surface area (Å²) in [7, 11) is -4.64. The maximum absolute atomic E-state index is 11.6. The van der Waals surface area contributed by atoms with Crippen molar-refractivity contribution in [2.75, 3.05) is 4.31 Å². The van der Waals surface area contributed by atoms with Gasteiger partial charge in [-0.1, -0.05) is 34.1 Å². The van der Waals surface area contributed by atoms with Crippen LogP contribution in [0.25, 0.3) is 0 Å². The topological polar surface area (TPSA) is 108 Å². The lowest BCUT2D eigenvalue weighted by atomic mass is 10.2. The Balaban J connectivity index is 2.48. The zero-order valence-corrected chi connectivity index (χ0v) is 13.5. The van der Waals surface area contributed by atoms with Gasteiger partial charge >= 0.3 is 16.3 Å². The molecule has 0 aliphatic heterocycles. The van der Waals surface area contributed by atoms with Crippen LogP contribution in [-0.4, -0.2) is 29.0 Å². The second-order valence-corrected chi connectivity index (χ2v) is 6.91. The molecule has 0 atom stereocenters. The number of aromatic nitrogens is 1. The van der Waals surface area contributed by atoms with Gasteiger partial charge in [-0.25, -0.2) is 14.1 Å². The fraction of sp³-hybridized carbons (Fsp3) is 0.0909. The van der Waals surface area contributed by atoms with Gasteiger partial charge in [0.2, 0.25) is 0 Å². The van der Waals surface area contributed by atoms with Crippen LogP contribution < -0.4 is 4.31 Å². The van der Waals surface area contributed by atoms with Gasteiger partial charge < -0.3 is 5.11 Å². The first kappa shape index (κ1) is 15.9. The van der Waals surface area contributed by atoms with Crippen molar-refractivity contribution in [2.24, 2.45) is 0 Å². The third kappa shape index (κ3) is 3.59. The number of halogens is 1. The summed E-state index contributed by atoms with van der Waals surface area (Å²) in [4.78, 5) is 14.7. The molecular weight excluding hydrogens is 384 g/mol. The van der Waals surface area contributed by atoms with E-state index < -0.39 is 22.0 Å². The molecule has 0 aliphatic carbocycles. The highest BCUT2D eigenvalue weighted by atomic mass is 79.9. The summed E-state index contributed by atoms with van der Waals surface area (Å²) in [5.74, 6) is -1.37. The molecule has 0 unspecified atom stereocenters. The molecule has 0 saturated carbocycles. The lowest BCUT2D eigenvalue weighted by Crippen LogP contribution is -2.30. The van der Waals surface area contributed by atoms with Crippen molar-refractivity contribution in [1.29, 1.82) is 0 Å². The normalized spacial score (nSPS) is 11.3. The number of thiazole rings is 1. The Morgan fingerprint density at radius 2 is 2.05 bits per heavy atom. The third-order valence-electron chi connectivity index (χ3n) is 2.53. The molecule has 2 rings (SSSR count). The van der Waals surface area contributed by atoms with Crippen LogP contribution in [0.4, 0.5) is 5.00 Å². The SMILES string of the molecule is O=C(O)c1ncsc1N(Cc1ccccc1Br)S(=O)(=O)O. The molecular formula is C11H9BrN2O5S2. The number of aromatic carboxylic acids is 1. The summed E-state index contributed by atoms with van der Waals surface area (Å²) >= 11 is 4.09. The van der Waals surface area contributed by atoms with Crippen molar-refractivity contribution in [3.8, 4) is 0 Å². The minimum atomic E-state index is -4.64. The maximum atomic E-state index is 11.6. The van der Waals surface area contributed by atoms with Gasteiger partial charge in [-0.15, -0.1) is 11.3 Å². The van der Waals surface area contributed by atoms with E-state index in [1.165, 1.54) is 5.51 Å². The van der Waals surface area contributed by atoms with Crippen LogP contribution in [0.5, 0.6) is 0 Å². The first-order valence-corrected chi connectivity index (χ1v) is 8.53. The standard InChI is InChI=1S/C11H9BrN2O5S2/c12-8-4-2-1-3-7(8)5-14(21(17,18)19)10-9(11(15)16)13-6-20-10/h1-4,6H,5H2,(H,15,16)(H,17,18,19). The molecule has 0 spiro atoms. The molecule has 1 aromatic heterocycles. The van der Waals surface area contributed by atoms with E-state index in [0.717, 1.165) is 11.3 Å². The van der Waals surface area contributed by atoms with Crippen LogP contribution in [0.1, 0.15) is 16.1 Å². The van der Waals surface area contributed by atoms with E-state index in [1.807, 2.05) is 0 Å². The minimum Gasteiger partial charge on any atom is -0.476 e. The van der Waals surface area contributed by atoms with Crippen molar-refractivity contribution in [2.45, 2.75) is 6.54 Å². The number of carbonyl (C=O) groups is 1. The Morgan fingerprint density at radius 3 is 2.62 bits per heavy atom. The molecule has 10 heteroatoms. The first-order chi connectivity index (χ1) is 9.80. The van der Waals surface area contributed by atoms with E-state index in [9.17, 15) is 17.8 Å². The smallest absolute Gasteiger partial charge is 0.360 e. The van der Waals surface area contributed by atoms with Gasteiger partial charge in [-0.2, -0.15) is 8.42 Å². The molecule has 2 N–H and O–H groups in total. The van der Waals surface area contributed by atoms with Gasteiger partial charge in [0, 0.05) is 4.47 Å². The van der Waals surface area contributed by atoms with Gasteiger partial charge in [0.25, 0.3) is 0 Å². The molecule has 0 bridgehead atoms. The summed E-state index contributed by atoms with van der Waals surface area (Å²) in [6, 6.07) is 6.82. The van der Waals surface area contributed by atoms with E-state index >= 15 is 0 Å². The van der Waals surface area contributed by atoms with E-state index in [-0.39, 0.29) is 11.5 Å². The van der Waals surface area contributed by atoms with Crippen molar-refractivity contribution in [3.05, 3.63) is 45.5 Å². The molecule has 1 aromatic carbocycles. The lowest BCUT2D eigenvalue weighted by molar-refractivity contribution is 0.0692. The highest BCUT2D eigenvalue weighted by molar-refractivity contribution is 9.10. The number of carboxylic acid groups (broad SMARTS) is 1. The van der Waals surface area contributed by atoms with Crippen molar-refractivity contribution >= 4 is 48.5 Å². The average Bonchev–Trinajstić information content (AvgIpc) is 2.85. The molecule has 2 aromatic rings. The highest BCUT2D eigenvalue weighted by Crippen LogP contribution is 2.30. The highest BCUT2D eigenvalue weighted by Gasteiger charge is 2.28. The molecule has 21 heavy (non-hydrogen) atoms. The molecule has 0 saturated heterocycles. The third-order valence-corrected chi connectivity index (χ3v) is 5.13. The Bertz CT molecular complexity index is 774. The predicted octanol–water partition coefficient (Wildman–Crippen LogP) is 2.41. The number of rotatable bonds is 5. The predicted molar refractivity (Wildman–Crippen MR) is 80.9 cm³/mol. The van der Waals surface area contributed by atoms with Gasteiger partial charge in [0.15, 0.2) is 5.69 Å². The van der Waals surface area contributed by atoms with Gasteiger partial charge in [0.05, 0.1) is 12.1 Å². The number of hydrogen-bond acceptors (Lipinski definition) is 5. The Morgan fingerprint density at radius 1 is 1.38 bits per heavy atom. The van der Waals surface area contributed by atoms with Crippen molar-refractivity contribution in [3.63, 3.8) is 0 Å². The molecule has 0 radical (unpaired) electrons. The monoisotopic (exact) mass is 392 g/mol. The van der Waals surface area contributed by atoms with Gasteiger partial charge in [-0.05, 0) is 11.6 Å². The number of hydrogen-bond donors (Lipinski definition) is 2. The van der Waals surface area contributed by atoms with Crippen LogP contribution in [-0.2, 0) is 16.8 Å². The molecule has 112 valence electrons.